The van der Waals surface area contributed by atoms with Gasteiger partial charge in [0, 0.05) is 16.6 Å². The van der Waals surface area contributed by atoms with Gasteiger partial charge in [-0.05, 0) is 69.4 Å². The second-order valence-electron chi connectivity index (χ2n) is 7.66. The molecule has 2 aromatic carbocycles. The second kappa shape index (κ2) is 10.5. The Kier molecular flexibility index (Phi) is 8.03. The van der Waals surface area contributed by atoms with E-state index in [9.17, 15) is 13.2 Å². The molecule has 0 heterocycles. The zero-order valence-electron chi connectivity index (χ0n) is 17.4. The lowest BCUT2D eigenvalue weighted by atomic mass is 9.97. The molecule has 0 aromatic heterocycles. The molecule has 1 aliphatic rings. The SMILES string of the molecule is Cc1ccc(S(=O)(=O)N(CC(=O)NCCC2=CCCCC2)c2cc(Cl)cc(Cl)c2)cc1. The Bertz CT molecular complexity index is 1050. The fourth-order valence-electron chi connectivity index (χ4n) is 3.52. The van der Waals surface area contributed by atoms with Crippen LogP contribution in [0.2, 0.25) is 10.0 Å². The van der Waals surface area contributed by atoms with Crippen molar-refractivity contribution in [1.82, 2.24) is 5.32 Å². The van der Waals surface area contributed by atoms with Crippen molar-refractivity contribution in [2.75, 3.05) is 17.4 Å². The van der Waals surface area contributed by atoms with Crippen molar-refractivity contribution in [3.05, 3.63) is 69.7 Å². The van der Waals surface area contributed by atoms with Crippen LogP contribution in [0.4, 0.5) is 5.69 Å². The molecule has 166 valence electrons. The summed E-state index contributed by atoms with van der Waals surface area (Å²) in [5.74, 6) is -0.386. The number of nitrogens with one attached hydrogen (secondary N) is 1. The molecule has 0 unspecified atom stereocenters. The third-order valence-corrected chi connectivity index (χ3v) is 7.41. The number of aryl methyl sites for hydroxylation is 1. The van der Waals surface area contributed by atoms with Crippen molar-refractivity contribution in [2.24, 2.45) is 0 Å². The summed E-state index contributed by atoms with van der Waals surface area (Å²) in [7, 11) is -4.00. The number of benzene rings is 2. The Hall–Kier alpha value is -2.02. The van der Waals surface area contributed by atoms with Gasteiger partial charge >= 0.3 is 0 Å². The van der Waals surface area contributed by atoms with Crippen LogP contribution >= 0.6 is 23.2 Å². The highest BCUT2D eigenvalue weighted by molar-refractivity contribution is 7.92. The number of rotatable bonds is 8. The van der Waals surface area contributed by atoms with E-state index in [-0.39, 0.29) is 33.1 Å². The van der Waals surface area contributed by atoms with Crippen LogP contribution in [-0.4, -0.2) is 27.4 Å². The number of allylic oxidation sites excluding steroid dienone is 1. The molecule has 31 heavy (non-hydrogen) atoms. The molecule has 0 fully saturated rings. The predicted molar refractivity (Wildman–Crippen MR) is 126 cm³/mol. The third kappa shape index (κ3) is 6.48. The monoisotopic (exact) mass is 480 g/mol. The molecule has 0 bridgehead atoms. The van der Waals surface area contributed by atoms with Gasteiger partial charge in [0.2, 0.25) is 5.91 Å². The van der Waals surface area contributed by atoms with Crippen molar-refractivity contribution < 1.29 is 13.2 Å². The van der Waals surface area contributed by atoms with Gasteiger partial charge in [0.1, 0.15) is 6.54 Å². The number of anilines is 1. The lowest BCUT2D eigenvalue weighted by Gasteiger charge is -2.24. The average Bonchev–Trinajstić information content (AvgIpc) is 2.72. The van der Waals surface area contributed by atoms with E-state index in [4.69, 9.17) is 23.2 Å². The molecule has 5 nitrogen and oxygen atoms in total. The van der Waals surface area contributed by atoms with Crippen LogP contribution in [0.3, 0.4) is 0 Å². The molecule has 8 heteroatoms. The Labute approximate surface area is 194 Å². The number of halogens is 2. The number of hydrogen-bond acceptors (Lipinski definition) is 3. The zero-order valence-corrected chi connectivity index (χ0v) is 19.7. The van der Waals surface area contributed by atoms with Crippen LogP contribution in [0, 0.1) is 6.92 Å². The Morgan fingerprint density at radius 1 is 1.06 bits per heavy atom. The summed E-state index contributed by atoms with van der Waals surface area (Å²) in [5.41, 5.74) is 2.52. The number of carbonyl (C=O) groups excluding carboxylic acids is 1. The van der Waals surface area contributed by atoms with Gasteiger partial charge in [0.15, 0.2) is 0 Å². The predicted octanol–water partition coefficient (Wildman–Crippen LogP) is 5.50. The third-order valence-electron chi connectivity index (χ3n) is 5.18. The topological polar surface area (TPSA) is 66.5 Å². The standard InChI is InChI=1S/C23H26Cl2N2O3S/c1-17-7-9-22(10-8-17)31(29,30)27(21-14-19(24)13-20(25)15-21)16-23(28)26-12-11-18-5-3-2-4-6-18/h5,7-10,13-15H,2-4,6,11-12,16H2,1H3,(H,26,28). The molecule has 2 aromatic rings. The van der Waals surface area contributed by atoms with Gasteiger partial charge in [-0.25, -0.2) is 8.42 Å². The summed E-state index contributed by atoms with van der Waals surface area (Å²) in [6, 6.07) is 11.0. The second-order valence-corrected chi connectivity index (χ2v) is 10.4. The van der Waals surface area contributed by atoms with E-state index in [1.165, 1.54) is 48.7 Å². The molecule has 0 atom stereocenters. The van der Waals surface area contributed by atoms with Crippen LogP contribution in [0.15, 0.2) is 59.0 Å². The first kappa shape index (κ1) is 23.6. The minimum atomic E-state index is -4.00. The molecule has 0 saturated carbocycles. The van der Waals surface area contributed by atoms with Crippen LogP contribution in [-0.2, 0) is 14.8 Å². The summed E-state index contributed by atoms with van der Waals surface area (Å²) in [6.45, 7) is 1.98. The molecule has 0 aliphatic heterocycles. The summed E-state index contributed by atoms with van der Waals surface area (Å²) in [5, 5.41) is 3.42. The van der Waals surface area contributed by atoms with Crippen molar-refractivity contribution in [3.8, 4) is 0 Å². The molecule has 0 radical (unpaired) electrons. The maximum Gasteiger partial charge on any atom is 0.264 e. The number of hydrogen-bond donors (Lipinski definition) is 1. The van der Waals surface area contributed by atoms with Crippen LogP contribution in [0.25, 0.3) is 0 Å². The van der Waals surface area contributed by atoms with E-state index in [0.717, 1.165) is 29.1 Å². The molecular formula is C23H26Cl2N2O3S. The molecule has 0 saturated heterocycles. The van der Waals surface area contributed by atoms with E-state index in [1.54, 1.807) is 12.1 Å². The van der Waals surface area contributed by atoms with E-state index in [2.05, 4.69) is 11.4 Å². The maximum atomic E-state index is 13.4. The van der Waals surface area contributed by atoms with Crippen molar-refractivity contribution in [3.63, 3.8) is 0 Å². The molecular weight excluding hydrogens is 455 g/mol. The van der Waals surface area contributed by atoms with Crippen molar-refractivity contribution in [2.45, 2.75) is 43.9 Å². The zero-order chi connectivity index (χ0) is 22.4. The highest BCUT2D eigenvalue weighted by Crippen LogP contribution is 2.29. The molecule has 0 spiro atoms. The van der Waals surface area contributed by atoms with Crippen LogP contribution in [0.1, 0.15) is 37.7 Å². The lowest BCUT2D eigenvalue weighted by Crippen LogP contribution is -2.41. The van der Waals surface area contributed by atoms with E-state index >= 15 is 0 Å². The van der Waals surface area contributed by atoms with Crippen molar-refractivity contribution in [1.29, 1.82) is 0 Å². The summed E-state index contributed by atoms with van der Waals surface area (Å²) >= 11 is 12.2. The molecule has 1 amide bonds. The molecule has 1 N–H and O–H groups in total. The Morgan fingerprint density at radius 2 is 1.74 bits per heavy atom. The number of amides is 1. The fourth-order valence-corrected chi connectivity index (χ4v) is 5.44. The number of sulfonamides is 1. The highest BCUT2D eigenvalue weighted by Gasteiger charge is 2.27. The van der Waals surface area contributed by atoms with Gasteiger partial charge in [-0.2, -0.15) is 0 Å². The smallest absolute Gasteiger partial charge is 0.264 e. The van der Waals surface area contributed by atoms with Gasteiger partial charge in [0.25, 0.3) is 10.0 Å². The van der Waals surface area contributed by atoms with Gasteiger partial charge in [0.05, 0.1) is 10.6 Å². The molecule has 3 rings (SSSR count). The largest absolute Gasteiger partial charge is 0.354 e. The van der Waals surface area contributed by atoms with Crippen LogP contribution < -0.4 is 9.62 Å². The van der Waals surface area contributed by atoms with Gasteiger partial charge in [-0.1, -0.05) is 52.5 Å². The van der Waals surface area contributed by atoms with E-state index in [0.29, 0.717) is 6.54 Å². The number of nitrogens with zero attached hydrogens (tertiary/aromatic N) is 1. The molecule has 1 aliphatic carbocycles. The minimum absolute atomic E-state index is 0.0920. The fraction of sp³-hybridized carbons (Fsp3) is 0.348. The summed E-state index contributed by atoms with van der Waals surface area (Å²) < 4.78 is 27.8. The summed E-state index contributed by atoms with van der Waals surface area (Å²) in [4.78, 5) is 12.8. The van der Waals surface area contributed by atoms with Gasteiger partial charge in [-0.3, -0.25) is 9.10 Å². The quantitative estimate of drug-likeness (QED) is 0.506. The van der Waals surface area contributed by atoms with Crippen LogP contribution in [0.5, 0.6) is 0 Å². The van der Waals surface area contributed by atoms with Crippen molar-refractivity contribution >= 4 is 44.8 Å². The Morgan fingerprint density at radius 3 is 2.35 bits per heavy atom. The minimum Gasteiger partial charge on any atom is -0.354 e. The first-order valence-corrected chi connectivity index (χ1v) is 12.5. The van der Waals surface area contributed by atoms with Gasteiger partial charge in [-0.15, -0.1) is 0 Å². The van der Waals surface area contributed by atoms with E-state index in [1.807, 2.05) is 6.92 Å². The normalized spacial score (nSPS) is 14.1. The van der Waals surface area contributed by atoms with Gasteiger partial charge < -0.3 is 5.32 Å². The summed E-state index contributed by atoms with van der Waals surface area (Å²) in [6.07, 6.45) is 7.55. The maximum absolute atomic E-state index is 13.4. The highest BCUT2D eigenvalue weighted by atomic mass is 35.5. The lowest BCUT2D eigenvalue weighted by molar-refractivity contribution is -0.119. The first-order chi connectivity index (χ1) is 14.8. The first-order valence-electron chi connectivity index (χ1n) is 10.3. The van der Waals surface area contributed by atoms with E-state index < -0.39 is 10.0 Å². The number of carbonyl (C=O) groups is 1. The Balaban J connectivity index is 1.81. The average molecular weight is 481 g/mol.